The van der Waals surface area contributed by atoms with Gasteiger partial charge in [-0.1, -0.05) is 25.4 Å². The Morgan fingerprint density at radius 1 is 1.07 bits per heavy atom. The van der Waals surface area contributed by atoms with Crippen LogP contribution in [-0.4, -0.2) is 43.0 Å². The van der Waals surface area contributed by atoms with E-state index in [1.54, 1.807) is 12.1 Å². The molecule has 0 saturated carbocycles. The Morgan fingerprint density at radius 2 is 1.67 bits per heavy atom. The number of benzene rings is 1. The highest BCUT2D eigenvalue weighted by Crippen LogP contribution is 2.12. The zero-order chi connectivity index (χ0) is 20.6. The van der Waals surface area contributed by atoms with Crippen LogP contribution in [-0.2, 0) is 14.3 Å². The lowest BCUT2D eigenvalue weighted by Crippen LogP contribution is -2.47. The maximum Gasteiger partial charge on any atom is 0.329 e. The molecule has 2 atom stereocenters. The van der Waals surface area contributed by atoms with Gasteiger partial charge in [0.25, 0.3) is 11.8 Å². The van der Waals surface area contributed by atoms with E-state index in [0.717, 1.165) is 0 Å². The van der Waals surface area contributed by atoms with E-state index in [2.05, 4.69) is 10.6 Å². The molecule has 0 radical (unpaired) electrons. The molecule has 8 nitrogen and oxygen atoms in total. The Hall–Kier alpha value is -2.61. The third-order valence-corrected chi connectivity index (χ3v) is 3.78. The number of hydrogen-bond acceptors (Lipinski definition) is 5. The fraction of sp³-hybridized carbons (Fsp3) is 0.444. The zero-order valence-corrected chi connectivity index (χ0v) is 16.4. The second-order valence-corrected chi connectivity index (χ2v) is 6.75. The van der Waals surface area contributed by atoms with Crippen LogP contribution in [0.4, 0.5) is 4.79 Å². The number of nitrogens with one attached hydrogen (secondary N) is 3. The van der Waals surface area contributed by atoms with Crippen LogP contribution in [0, 0.1) is 5.92 Å². The number of amides is 4. The molecule has 1 aromatic carbocycles. The van der Waals surface area contributed by atoms with Gasteiger partial charge in [-0.25, -0.2) is 9.59 Å². The van der Waals surface area contributed by atoms with Gasteiger partial charge in [0.2, 0.25) is 0 Å². The van der Waals surface area contributed by atoms with Crippen LogP contribution < -0.4 is 16.0 Å². The molecule has 9 heteroatoms. The lowest BCUT2D eigenvalue weighted by Gasteiger charge is -2.21. The summed E-state index contributed by atoms with van der Waals surface area (Å²) in [6, 6.07) is 4.56. The third kappa shape index (κ3) is 7.65. The molecule has 0 bridgehead atoms. The van der Waals surface area contributed by atoms with Gasteiger partial charge in [0.1, 0.15) is 6.04 Å². The molecule has 1 rings (SSSR count). The van der Waals surface area contributed by atoms with E-state index >= 15 is 0 Å². The summed E-state index contributed by atoms with van der Waals surface area (Å²) in [5, 5.41) is 7.34. The molecule has 0 aromatic heterocycles. The zero-order valence-electron chi connectivity index (χ0n) is 15.7. The predicted octanol–water partition coefficient (Wildman–Crippen LogP) is 1.87. The summed E-state index contributed by atoms with van der Waals surface area (Å²) < 4.78 is 5.11. The number of urea groups is 1. The molecular weight excluding hydrogens is 374 g/mol. The van der Waals surface area contributed by atoms with Crippen molar-refractivity contribution in [2.45, 2.75) is 39.3 Å². The maximum absolute atomic E-state index is 12.4. The molecule has 1 aromatic rings. The first-order valence-corrected chi connectivity index (χ1v) is 8.81. The van der Waals surface area contributed by atoms with Gasteiger partial charge < -0.3 is 15.4 Å². The molecule has 0 aliphatic rings. The van der Waals surface area contributed by atoms with Crippen molar-refractivity contribution in [2.24, 2.45) is 5.92 Å². The van der Waals surface area contributed by atoms with Gasteiger partial charge in [-0.3, -0.25) is 14.9 Å². The van der Waals surface area contributed by atoms with Crippen molar-refractivity contribution in [3.05, 3.63) is 34.9 Å². The molecule has 3 N–H and O–H groups in total. The predicted molar refractivity (Wildman–Crippen MR) is 100 cm³/mol. The number of imide groups is 1. The Balaban J connectivity index is 2.78. The van der Waals surface area contributed by atoms with Gasteiger partial charge in [0.05, 0.1) is 0 Å². The Morgan fingerprint density at radius 3 is 2.19 bits per heavy atom. The summed E-state index contributed by atoms with van der Waals surface area (Å²) in [6.07, 6.45) is -0.876. The second-order valence-electron chi connectivity index (χ2n) is 6.31. The van der Waals surface area contributed by atoms with E-state index in [-0.39, 0.29) is 5.92 Å². The topological polar surface area (TPSA) is 114 Å². The molecule has 0 aliphatic heterocycles. The summed E-state index contributed by atoms with van der Waals surface area (Å²) in [4.78, 5) is 47.8. The number of ether oxygens (including phenoxy) is 1. The van der Waals surface area contributed by atoms with Gasteiger partial charge in [-0.2, -0.15) is 0 Å². The first-order chi connectivity index (χ1) is 12.6. The van der Waals surface area contributed by atoms with E-state index in [4.69, 9.17) is 16.3 Å². The van der Waals surface area contributed by atoms with Gasteiger partial charge in [-0.05, 0) is 43.5 Å². The SMILES string of the molecule is CNC(=O)NC(=O)[C@@H](C)OC(=O)[C@H](CC(C)C)NC(=O)c1ccc(Cl)cc1. The largest absolute Gasteiger partial charge is 0.451 e. The maximum atomic E-state index is 12.4. The van der Waals surface area contributed by atoms with Crippen molar-refractivity contribution >= 4 is 35.4 Å². The van der Waals surface area contributed by atoms with E-state index in [0.29, 0.717) is 17.0 Å². The molecule has 0 saturated heterocycles. The van der Waals surface area contributed by atoms with Gasteiger partial charge in [0.15, 0.2) is 6.10 Å². The number of carbonyl (C=O) groups excluding carboxylic acids is 4. The lowest BCUT2D eigenvalue weighted by molar-refractivity contribution is -0.156. The molecular formula is C18H24ClN3O5. The quantitative estimate of drug-likeness (QED) is 0.608. The fourth-order valence-corrected chi connectivity index (χ4v) is 2.24. The number of rotatable bonds is 7. The fourth-order valence-electron chi connectivity index (χ4n) is 2.11. The first kappa shape index (κ1) is 22.4. The molecule has 0 aliphatic carbocycles. The summed E-state index contributed by atoms with van der Waals surface area (Å²) in [5.74, 6) is -1.90. The molecule has 4 amide bonds. The minimum Gasteiger partial charge on any atom is -0.451 e. The standard InChI is InChI=1S/C18H24ClN3O5/c1-10(2)9-14(21-16(24)12-5-7-13(19)8-6-12)17(25)27-11(3)15(23)22-18(26)20-4/h5-8,10-11,14H,9H2,1-4H3,(H,21,24)(H2,20,22,23,26)/t11-,14+/m1/s1. The average Bonchev–Trinajstić information content (AvgIpc) is 2.60. The second kappa shape index (κ2) is 10.5. The summed E-state index contributed by atoms with van der Waals surface area (Å²) in [6.45, 7) is 5.11. The monoisotopic (exact) mass is 397 g/mol. The lowest BCUT2D eigenvalue weighted by atomic mass is 10.0. The van der Waals surface area contributed by atoms with Gasteiger partial charge >= 0.3 is 12.0 Å². The normalized spacial score (nSPS) is 12.7. The van der Waals surface area contributed by atoms with Crippen molar-refractivity contribution in [1.82, 2.24) is 16.0 Å². The van der Waals surface area contributed by atoms with Crippen LogP contribution in [0.15, 0.2) is 24.3 Å². The van der Waals surface area contributed by atoms with E-state index in [9.17, 15) is 19.2 Å². The summed E-state index contributed by atoms with van der Waals surface area (Å²) >= 11 is 5.80. The minimum absolute atomic E-state index is 0.0862. The third-order valence-electron chi connectivity index (χ3n) is 3.53. The number of carbonyl (C=O) groups is 4. The molecule has 148 valence electrons. The Labute approximate surface area is 163 Å². The number of hydrogen-bond donors (Lipinski definition) is 3. The number of halogens is 1. The van der Waals surface area contributed by atoms with Crippen molar-refractivity contribution in [3.8, 4) is 0 Å². The van der Waals surface area contributed by atoms with Crippen LogP contribution >= 0.6 is 11.6 Å². The summed E-state index contributed by atoms with van der Waals surface area (Å²) in [5.41, 5.74) is 0.339. The Kier molecular flexibility index (Phi) is 8.74. The molecule has 0 fully saturated rings. The molecule has 0 unspecified atom stereocenters. The van der Waals surface area contributed by atoms with Crippen LogP contribution in [0.1, 0.15) is 37.6 Å². The average molecular weight is 398 g/mol. The van der Waals surface area contributed by atoms with Gasteiger partial charge in [0, 0.05) is 17.6 Å². The molecule has 0 heterocycles. The van der Waals surface area contributed by atoms with Crippen molar-refractivity contribution in [1.29, 1.82) is 0 Å². The highest BCUT2D eigenvalue weighted by Gasteiger charge is 2.28. The van der Waals surface area contributed by atoms with Crippen molar-refractivity contribution in [2.75, 3.05) is 7.05 Å². The number of esters is 1. The van der Waals surface area contributed by atoms with E-state index < -0.39 is 36.0 Å². The highest BCUT2D eigenvalue weighted by molar-refractivity contribution is 6.30. The van der Waals surface area contributed by atoms with Crippen LogP contribution in [0.2, 0.25) is 5.02 Å². The smallest absolute Gasteiger partial charge is 0.329 e. The van der Waals surface area contributed by atoms with Crippen LogP contribution in [0.25, 0.3) is 0 Å². The van der Waals surface area contributed by atoms with Crippen LogP contribution in [0.3, 0.4) is 0 Å². The summed E-state index contributed by atoms with van der Waals surface area (Å²) in [7, 11) is 1.35. The molecule has 0 spiro atoms. The van der Waals surface area contributed by atoms with E-state index in [1.165, 1.54) is 26.1 Å². The highest BCUT2D eigenvalue weighted by atomic mass is 35.5. The Bertz CT molecular complexity index is 691. The molecule has 27 heavy (non-hydrogen) atoms. The van der Waals surface area contributed by atoms with Gasteiger partial charge in [-0.15, -0.1) is 0 Å². The van der Waals surface area contributed by atoms with E-state index in [1.807, 2.05) is 19.2 Å². The minimum atomic E-state index is -1.20. The van der Waals surface area contributed by atoms with Crippen molar-refractivity contribution < 1.29 is 23.9 Å². The van der Waals surface area contributed by atoms with Crippen molar-refractivity contribution in [3.63, 3.8) is 0 Å². The van der Waals surface area contributed by atoms with Crippen LogP contribution in [0.5, 0.6) is 0 Å². The first-order valence-electron chi connectivity index (χ1n) is 8.43.